The minimum absolute atomic E-state index is 0.0423. The summed E-state index contributed by atoms with van der Waals surface area (Å²) in [6.45, 7) is 3.82. The van der Waals surface area contributed by atoms with E-state index in [1.165, 1.54) is 6.42 Å². The first-order chi connectivity index (χ1) is 9.56. The minimum Gasteiger partial charge on any atom is -0.495 e. The molecule has 0 N–H and O–H groups in total. The van der Waals surface area contributed by atoms with Gasteiger partial charge in [0.05, 0.1) is 14.2 Å². The second kappa shape index (κ2) is 6.48. The summed E-state index contributed by atoms with van der Waals surface area (Å²) in [5.74, 6) is 1.82. The number of hydrogen-bond donors (Lipinski definition) is 0. The predicted molar refractivity (Wildman–Crippen MR) is 81.5 cm³/mol. The summed E-state index contributed by atoms with van der Waals surface area (Å²) in [5, 5.41) is 0. The molecule has 20 heavy (non-hydrogen) atoms. The Hall–Kier alpha value is -1.23. The zero-order chi connectivity index (χ0) is 14.7. The van der Waals surface area contributed by atoms with E-state index in [0.717, 1.165) is 24.0 Å². The highest BCUT2D eigenvalue weighted by Gasteiger charge is 2.23. The monoisotopic (exact) mass is 341 g/mol. The Kier molecular flexibility index (Phi) is 4.91. The van der Waals surface area contributed by atoms with Crippen molar-refractivity contribution >= 4 is 21.8 Å². The van der Waals surface area contributed by atoms with E-state index in [2.05, 4.69) is 22.9 Å². The highest BCUT2D eigenvalue weighted by Crippen LogP contribution is 2.36. The molecular weight excluding hydrogens is 322 g/mol. The van der Waals surface area contributed by atoms with E-state index in [4.69, 9.17) is 9.47 Å². The number of ether oxygens (including phenoxy) is 2. The molecule has 0 bridgehead atoms. The molecule has 110 valence electrons. The smallest absolute Gasteiger partial charge is 0.254 e. The number of nitrogens with zero attached hydrogens (tertiary/aromatic N) is 1. The standard InChI is InChI=1S/C15H20BrNO3/c1-10-5-4-6-17(9-10)15(18)11-7-12(19-2)14(16)13(8-11)20-3/h7-8,10H,4-6,9H2,1-3H3/t10-/m1/s1. The lowest BCUT2D eigenvalue weighted by atomic mass is 9.99. The Morgan fingerprint density at radius 2 is 1.90 bits per heavy atom. The molecule has 1 atom stereocenters. The third-order valence-corrected chi connectivity index (χ3v) is 4.42. The zero-order valence-electron chi connectivity index (χ0n) is 12.1. The maximum Gasteiger partial charge on any atom is 0.254 e. The normalized spacial score (nSPS) is 18.8. The Morgan fingerprint density at radius 3 is 2.40 bits per heavy atom. The van der Waals surface area contributed by atoms with E-state index in [1.807, 2.05) is 4.90 Å². The van der Waals surface area contributed by atoms with Crippen LogP contribution in [0.4, 0.5) is 0 Å². The fraction of sp³-hybridized carbons (Fsp3) is 0.533. The quantitative estimate of drug-likeness (QED) is 0.846. The molecule has 1 aromatic carbocycles. The highest BCUT2D eigenvalue weighted by molar-refractivity contribution is 9.10. The van der Waals surface area contributed by atoms with E-state index in [1.54, 1.807) is 26.4 Å². The summed E-state index contributed by atoms with van der Waals surface area (Å²) in [4.78, 5) is 14.5. The lowest BCUT2D eigenvalue weighted by molar-refractivity contribution is 0.0682. The number of methoxy groups -OCH3 is 2. The van der Waals surface area contributed by atoms with Gasteiger partial charge in [0.1, 0.15) is 16.0 Å². The van der Waals surface area contributed by atoms with Crippen LogP contribution >= 0.6 is 15.9 Å². The largest absolute Gasteiger partial charge is 0.495 e. The zero-order valence-corrected chi connectivity index (χ0v) is 13.7. The van der Waals surface area contributed by atoms with Crippen LogP contribution in [-0.4, -0.2) is 38.1 Å². The number of halogens is 1. The van der Waals surface area contributed by atoms with Crippen LogP contribution < -0.4 is 9.47 Å². The molecule has 0 unspecified atom stereocenters. The van der Waals surface area contributed by atoms with Crippen LogP contribution in [-0.2, 0) is 0 Å². The molecule has 2 rings (SSSR count). The fourth-order valence-corrected chi connectivity index (χ4v) is 3.10. The van der Waals surface area contributed by atoms with Crippen molar-refractivity contribution in [2.75, 3.05) is 27.3 Å². The average Bonchev–Trinajstić information content (AvgIpc) is 2.46. The summed E-state index contributed by atoms with van der Waals surface area (Å²) in [7, 11) is 3.16. The predicted octanol–water partition coefficient (Wildman–Crippen LogP) is 3.34. The first-order valence-electron chi connectivity index (χ1n) is 6.77. The van der Waals surface area contributed by atoms with E-state index in [-0.39, 0.29) is 5.91 Å². The summed E-state index contributed by atoms with van der Waals surface area (Å²) in [6.07, 6.45) is 2.26. The van der Waals surface area contributed by atoms with Gasteiger partial charge in [0.15, 0.2) is 0 Å². The van der Waals surface area contributed by atoms with Gasteiger partial charge in [-0.05, 0) is 46.8 Å². The van der Waals surface area contributed by atoms with E-state index >= 15 is 0 Å². The third kappa shape index (κ3) is 3.08. The van der Waals surface area contributed by atoms with Gasteiger partial charge in [0.2, 0.25) is 0 Å². The molecule has 0 aliphatic carbocycles. The van der Waals surface area contributed by atoms with Crippen molar-refractivity contribution < 1.29 is 14.3 Å². The van der Waals surface area contributed by atoms with E-state index in [9.17, 15) is 4.79 Å². The third-order valence-electron chi connectivity index (χ3n) is 3.64. The second-order valence-corrected chi connectivity index (χ2v) is 5.99. The van der Waals surface area contributed by atoms with Gasteiger partial charge in [-0.1, -0.05) is 6.92 Å². The molecular formula is C15H20BrNO3. The molecule has 4 nitrogen and oxygen atoms in total. The molecule has 0 saturated carbocycles. The molecule has 1 aliphatic heterocycles. The van der Waals surface area contributed by atoms with Crippen LogP contribution in [0.5, 0.6) is 11.5 Å². The summed E-state index contributed by atoms with van der Waals surface area (Å²) in [5.41, 5.74) is 0.607. The number of rotatable bonds is 3. The van der Waals surface area contributed by atoms with Gasteiger partial charge in [-0.25, -0.2) is 0 Å². The molecule has 0 spiro atoms. The number of amides is 1. The van der Waals surface area contributed by atoms with Gasteiger partial charge in [-0.3, -0.25) is 4.79 Å². The first kappa shape index (κ1) is 15.2. The number of carbonyl (C=O) groups excluding carboxylic acids is 1. The Labute approximate surface area is 128 Å². The molecule has 0 radical (unpaired) electrons. The number of hydrogen-bond acceptors (Lipinski definition) is 3. The molecule has 1 aliphatic rings. The first-order valence-corrected chi connectivity index (χ1v) is 7.57. The molecule has 5 heteroatoms. The van der Waals surface area contributed by atoms with Crippen LogP contribution in [0.25, 0.3) is 0 Å². The van der Waals surface area contributed by atoms with Crippen LogP contribution in [0.3, 0.4) is 0 Å². The molecule has 1 aromatic rings. The maximum atomic E-state index is 12.6. The molecule has 1 saturated heterocycles. The molecule has 1 heterocycles. The number of carbonyl (C=O) groups is 1. The van der Waals surface area contributed by atoms with Crippen molar-refractivity contribution in [2.45, 2.75) is 19.8 Å². The van der Waals surface area contributed by atoms with Gasteiger partial charge < -0.3 is 14.4 Å². The number of likely N-dealkylation sites (tertiary alicyclic amines) is 1. The van der Waals surface area contributed by atoms with Crippen LogP contribution in [0.15, 0.2) is 16.6 Å². The Bertz CT molecular complexity index is 479. The van der Waals surface area contributed by atoms with Crippen LogP contribution in [0, 0.1) is 5.92 Å². The number of piperidine rings is 1. The molecule has 0 aromatic heterocycles. The van der Waals surface area contributed by atoms with Crippen LogP contribution in [0.1, 0.15) is 30.1 Å². The Balaban J connectivity index is 2.29. The maximum absolute atomic E-state index is 12.6. The van der Waals surface area contributed by atoms with Gasteiger partial charge in [-0.2, -0.15) is 0 Å². The summed E-state index contributed by atoms with van der Waals surface area (Å²) < 4.78 is 11.3. The second-order valence-electron chi connectivity index (χ2n) is 5.19. The lowest BCUT2D eigenvalue weighted by Gasteiger charge is -2.31. The highest BCUT2D eigenvalue weighted by atomic mass is 79.9. The number of benzene rings is 1. The summed E-state index contributed by atoms with van der Waals surface area (Å²) in [6, 6.07) is 3.52. The van der Waals surface area contributed by atoms with Crippen molar-refractivity contribution in [3.8, 4) is 11.5 Å². The van der Waals surface area contributed by atoms with Crippen molar-refractivity contribution in [2.24, 2.45) is 5.92 Å². The fourth-order valence-electron chi connectivity index (χ4n) is 2.55. The van der Waals surface area contributed by atoms with Gasteiger partial charge in [0.25, 0.3) is 5.91 Å². The Morgan fingerprint density at radius 1 is 1.30 bits per heavy atom. The molecule has 1 amide bonds. The van der Waals surface area contributed by atoms with Gasteiger partial charge >= 0.3 is 0 Å². The van der Waals surface area contributed by atoms with Crippen molar-refractivity contribution in [1.29, 1.82) is 0 Å². The topological polar surface area (TPSA) is 38.8 Å². The van der Waals surface area contributed by atoms with Crippen molar-refractivity contribution in [1.82, 2.24) is 4.90 Å². The summed E-state index contributed by atoms with van der Waals surface area (Å²) >= 11 is 3.42. The lowest BCUT2D eigenvalue weighted by Crippen LogP contribution is -2.39. The van der Waals surface area contributed by atoms with Crippen molar-refractivity contribution in [3.05, 3.63) is 22.2 Å². The van der Waals surface area contributed by atoms with Gasteiger partial charge in [0, 0.05) is 18.7 Å². The van der Waals surface area contributed by atoms with E-state index in [0.29, 0.717) is 23.0 Å². The van der Waals surface area contributed by atoms with Crippen molar-refractivity contribution in [3.63, 3.8) is 0 Å². The van der Waals surface area contributed by atoms with Crippen LogP contribution in [0.2, 0.25) is 0 Å². The molecule has 1 fully saturated rings. The minimum atomic E-state index is 0.0423. The average molecular weight is 342 g/mol. The SMILES string of the molecule is COc1cc(C(=O)N2CCC[C@@H](C)C2)cc(OC)c1Br. The van der Waals surface area contributed by atoms with E-state index < -0.39 is 0 Å². The van der Waals surface area contributed by atoms with Gasteiger partial charge in [-0.15, -0.1) is 0 Å².